The highest BCUT2D eigenvalue weighted by atomic mass is 35.5. The number of carbonyl (C=O) groups is 1. The smallest absolute Gasteiger partial charge is 0.321 e. The van der Waals surface area contributed by atoms with E-state index in [9.17, 15) is 4.79 Å². The number of imidazole rings is 1. The summed E-state index contributed by atoms with van der Waals surface area (Å²) in [6, 6.07) is 13.3. The van der Waals surface area contributed by atoms with Crippen molar-refractivity contribution in [3.8, 4) is 0 Å². The van der Waals surface area contributed by atoms with E-state index < -0.39 is 0 Å². The van der Waals surface area contributed by atoms with Crippen LogP contribution < -0.4 is 10.6 Å². The largest absolute Gasteiger partial charge is 0.361 e. The molecule has 0 unspecified atom stereocenters. The first-order valence-corrected chi connectivity index (χ1v) is 14.5. The molecule has 3 aromatic rings. The molecule has 0 radical (unpaired) electrons. The first-order chi connectivity index (χ1) is 19.5. The van der Waals surface area contributed by atoms with Gasteiger partial charge in [-0.1, -0.05) is 41.4 Å². The Morgan fingerprint density at radius 3 is 2.65 bits per heavy atom. The molecule has 40 heavy (non-hydrogen) atoms. The summed E-state index contributed by atoms with van der Waals surface area (Å²) in [5.41, 5.74) is 8.11. The minimum atomic E-state index is -0.0763. The minimum Gasteiger partial charge on any atom is -0.361 e. The van der Waals surface area contributed by atoms with Crippen LogP contribution in [-0.4, -0.2) is 33.6 Å². The van der Waals surface area contributed by atoms with Gasteiger partial charge in [0.15, 0.2) is 0 Å². The molecule has 3 aliphatic rings. The van der Waals surface area contributed by atoms with Crippen LogP contribution in [0.2, 0.25) is 10.0 Å². The van der Waals surface area contributed by atoms with E-state index in [1.165, 1.54) is 28.0 Å². The number of carbonyl (C=O) groups excluding carboxylic acids is 1. The number of rotatable bonds is 6. The lowest BCUT2D eigenvalue weighted by molar-refractivity contribution is 0.192. The number of dihydropyridines is 1. The fraction of sp³-hybridized carbons (Fsp3) is 0.250. The topological polar surface area (TPSA) is 62.2 Å². The fourth-order valence-electron chi connectivity index (χ4n) is 5.83. The Hall–Kier alpha value is -3.74. The molecule has 0 atom stereocenters. The van der Waals surface area contributed by atoms with Crippen molar-refractivity contribution in [1.82, 2.24) is 19.8 Å². The van der Waals surface area contributed by atoms with Crippen LogP contribution in [0.3, 0.4) is 0 Å². The number of hydrogen-bond acceptors (Lipinski definition) is 3. The van der Waals surface area contributed by atoms with Crippen LogP contribution in [0, 0.1) is 5.92 Å². The van der Waals surface area contributed by atoms with Crippen LogP contribution in [0.15, 0.2) is 96.4 Å². The average molecular weight is 573 g/mol. The Bertz CT molecular complexity index is 1510. The normalized spacial score (nSPS) is 16.9. The van der Waals surface area contributed by atoms with Crippen LogP contribution in [0.5, 0.6) is 0 Å². The maximum Gasteiger partial charge on any atom is 0.321 e. The number of fused-ring (bicyclic) bond motifs is 2. The Morgan fingerprint density at radius 1 is 1.07 bits per heavy atom. The molecule has 2 amide bonds. The Kier molecular flexibility index (Phi) is 7.80. The summed E-state index contributed by atoms with van der Waals surface area (Å²) in [4.78, 5) is 19.1. The van der Waals surface area contributed by atoms with Crippen LogP contribution in [0.1, 0.15) is 36.8 Å². The van der Waals surface area contributed by atoms with Crippen LogP contribution in [0.25, 0.3) is 11.6 Å². The van der Waals surface area contributed by atoms with Crippen molar-refractivity contribution in [1.29, 1.82) is 0 Å². The van der Waals surface area contributed by atoms with Gasteiger partial charge in [-0.3, -0.25) is 0 Å². The Balaban J connectivity index is 1.24. The van der Waals surface area contributed by atoms with Crippen molar-refractivity contribution in [3.05, 3.63) is 118 Å². The summed E-state index contributed by atoms with van der Waals surface area (Å²) in [5.74, 6) is 0.301. The standard InChI is InChI=1S/C32H31Cl2N5O/c33-25-5-8-27(9-6-25)37-32(40)39-16-11-22(12-17-39)30-28-10-7-26(34)20-24(28)19-23(29-4-1-13-36-31(29)30)3-2-15-38-18-14-35-21-38/h1,4-10,13-14,18-22,36H,2-3,11-12,15-17H2,(H,37,40). The molecule has 2 N–H and O–H groups in total. The highest BCUT2D eigenvalue weighted by molar-refractivity contribution is 6.31. The Morgan fingerprint density at radius 2 is 1.88 bits per heavy atom. The van der Waals surface area contributed by atoms with Gasteiger partial charge in [0.05, 0.1) is 6.33 Å². The second-order valence-corrected chi connectivity index (χ2v) is 11.2. The van der Waals surface area contributed by atoms with E-state index in [1.54, 1.807) is 12.1 Å². The molecule has 2 aromatic carbocycles. The van der Waals surface area contributed by atoms with Gasteiger partial charge in [0.25, 0.3) is 0 Å². The fourth-order valence-corrected chi connectivity index (χ4v) is 6.14. The van der Waals surface area contributed by atoms with Crippen molar-refractivity contribution in [2.75, 3.05) is 18.4 Å². The SMILES string of the molecule is O=C(Nc1ccc(Cl)cc1)N1CCC(C2=C3NC=CC=C3C(CCCn3ccnc3)=Cc3cc(Cl)ccc32)CC1. The Labute approximate surface area is 244 Å². The van der Waals surface area contributed by atoms with E-state index in [-0.39, 0.29) is 6.03 Å². The number of anilines is 1. The second-order valence-electron chi connectivity index (χ2n) is 10.4. The number of likely N-dealkylation sites (tertiary alicyclic amines) is 1. The van der Waals surface area contributed by atoms with Gasteiger partial charge < -0.3 is 20.1 Å². The van der Waals surface area contributed by atoms with E-state index in [1.807, 2.05) is 48.0 Å². The number of piperidine rings is 1. The first-order valence-electron chi connectivity index (χ1n) is 13.7. The maximum absolute atomic E-state index is 13.0. The van der Waals surface area contributed by atoms with Crippen LogP contribution in [0.4, 0.5) is 10.5 Å². The molecule has 1 fully saturated rings. The number of amides is 2. The van der Waals surface area contributed by atoms with E-state index in [0.29, 0.717) is 24.0 Å². The number of aromatic nitrogens is 2. The van der Waals surface area contributed by atoms with Crippen LogP contribution >= 0.6 is 23.2 Å². The summed E-state index contributed by atoms with van der Waals surface area (Å²) in [5, 5.41) is 7.99. The molecule has 1 aliphatic carbocycles. The third-order valence-electron chi connectivity index (χ3n) is 7.81. The van der Waals surface area contributed by atoms with Crippen molar-refractivity contribution in [3.63, 3.8) is 0 Å². The van der Waals surface area contributed by atoms with E-state index >= 15 is 0 Å². The number of allylic oxidation sites excluding steroid dienone is 4. The number of nitrogens with one attached hydrogen (secondary N) is 2. The molecule has 3 heterocycles. The summed E-state index contributed by atoms with van der Waals surface area (Å²) in [7, 11) is 0. The summed E-state index contributed by atoms with van der Waals surface area (Å²) >= 11 is 12.5. The molecule has 1 saturated heterocycles. The third-order valence-corrected chi connectivity index (χ3v) is 8.30. The molecule has 0 saturated carbocycles. The minimum absolute atomic E-state index is 0.0763. The van der Waals surface area contributed by atoms with Gasteiger partial charge in [-0.05, 0) is 96.3 Å². The van der Waals surface area contributed by atoms with Crippen molar-refractivity contribution >= 4 is 46.6 Å². The number of halogens is 2. The zero-order valence-corrected chi connectivity index (χ0v) is 23.6. The zero-order chi connectivity index (χ0) is 27.5. The molecule has 6 nitrogen and oxygen atoms in total. The van der Waals surface area contributed by atoms with Gasteiger partial charge in [0.2, 0.25) is 0 Å². The highest BCUT2D eigenvalue weighted by Crippen LogP contribution is 2.43. The number of urea groups is 1. The lowest BCUT2D eigenvalue weighted by Crippen LogP contribution is -2.41. The van der Waals surface area contributed by atoms with Gasteiger partial charge in [-0.2, -0.15) is 0 Å². The molecule has 6 rings (SSSR count). The predicted molar refractivity (Wildman–Crippen MR) is 163 cm³/mol. The lowest BCUT2D eigenvalue weighted by Gasteiger charge is -2.35. The van der Waals surface area contributed by atoms with Gasteiger partial charge in [-0.15, -0.1) is 0 Å². The third kappa shape index (κ3) is 5.74. The number of benzene rings is 2. The molecule has 1 aromatic heterocycles. The van der Waals surface area contributed by atoms with Crippen molar-refractivity contribution < 1.29 is 4.79 Å². The quantitative estimate of drug-likeness (QED) is 0.317. The maximum atomic E-state index is 13.0. The number of nitrogens with zero attached hydrogens (tertiary/aromatic N) is 3. The predicted octanol–water partition coefficient (Wildman–Crippen LogP) is 7.77. The molecule has 0 spiro atoms. The first kappa shape index (κ1) is 26.5. The number of hydrogen-bond donors (Lipinski definition) is 2. The van der Waals surface area contributed by atoms with Crippen LogP contribution in [-0.2, 0) is 6.54 Å². The summed E-state index contributed by atoms with van der Waals surface area (Å²) < 4.78 is 2.12. The van der Waals surface area contributed by atoms with Gasteiger partial charge in [0.1, 0.15) is 0 Å². The molecule has 0 bridgehead atoms. The monoisotopic (exact) mass is 571 g/mol. The summed E-state index contributed by atoms with van der Waals surface area (Å²) in [6.45, 7) is 2.28. The highest BCUT2D eigenvalue weighted by Gasteiger charge is 2.31. The van der Waals surface area contributed by atoms with E-state index in [0.717, 1.165) is 48.5 Å². The average Bonchev–Trinajstić information content (AvgIpc) is 3.45. The van der Waals surface area contributed by atoms with Crippen molar-refractivity contribution in [2.24, 2.45) is 5.92 Å². The van der Waals surface area contributed by atoms with Crippen molar-refractivity contribution in [2.45, 2.75) is 32.2 Å². The van der Waals surface area contributed by atoms with Gasteiger partial charge >= 0.3 is 6.03 Å². The molecular formula is C32H31Cl2N5O. The second kappa shape index (κ2) is 11.8. The number of aryl methyl sites for hydroxylation is 1. The zero-order valence-electron chi connectivity index (χ0n) is 22.1. The van der Waals surface area contributed by atoms with E-state index in [2.05, 4.69) is 50.5 Å². The molecule has 8 heteroatoms. The lowest BCUT2D eigenvalue weighted by atomic mass is 9.81. The van der Waals surface area contributed by atoms with E-state index in [4.69, 9.17) is 23.2 Å². The molecule has 2 aliphatic heterocycles. The molecular weight excluding hydrogens is 541 g/mol. The summed E-state index contributed by atoms with van der Waals surface area (Å²) in [6.07, 6.45) is 18.0. The van der Waals surface area contributed by atoms with Gasteiger partial charge in [-0.25, -0.2) is 9.78 Å². The van der Waals surface area contributed by atoms with Gasteiger partial charge in [0, 0.05) is 65.2 Å². The molecule has 204 valence electrons.